The van der Waals surface area contributed by atoms with Crippen LogP contribution >= 0.6 is 0 Å². The van der Waals surface area contributed by atoms with Crippen LogP contribution in [0.3, 0.4) is 0 Å². The molecule has 0 heterocycles. The summed E-state index contributed by atoms with van der Waals surface area (Å²) < 4.78 is 5.38. The second-order valence-corrected chi connectivity index (χ2v) is 6.24. The number of aryl methyl sites for hydroxylation is 1. The lowest BCUT2D eigenvalue weighted by Crippen LogP contribution is -2.30. The molecule has 2 aliphatic carbocycles. The van der Waals surface area contributed by atoms with Gasteiger partial charge in [-0.05, 0) is 67.2 Å². The summed E-state index contributed by atoms with van der Waals surface area (Å²) in [6, 6.07) is 7.10. The molecule has 1 fully saturated rings. The standard InChI is InChI=1S/C17H25NO/c1-3-17(9-10-17)12-18-16-6-4-5-13-7-8-14(19-2)11-15(13)16/h7-8,11,16,18H,3-6,9-10,12H2,1-2H3. The Morgan fingerprint density at radius 3 is 2.89 bits per heavy atom. The predicted molar refractivity (Wildman–Crippen MR) is 78.6 cm³/mol. The molecule has 1 aromatic carbocycles. The first-order chi connectivity index (χ1) is 9.26. The molecule has 1 saturated carbocycles. The highest BCUT2D eigenvalue weighted by Crippen LogP contribution is 2.48. The summed E-state index contributed by atoms with van der Waals surface area (Å²) in [4.78, 5) is 0. The van der Waals surface area contributed by atoms with Gasteiger partial charge in [0.25, 0.3) is 0 Å². The summed E-state index contributed by atoms with van der Waals surface area (Å²) in [5.74, 6) is 0.990. The maximum Gasteiger partial charge on any atom is 0.119 e. The van der Waals surface area contributed by atoms with Gasteiger partial charge >= 0.3 is 0 Å². The van der Waals surface area contributed by atoms with E-state index in [1.54, 1.807) is 7.11 Å². The highest BCUT2D eigenvalue weighted by atomic mass is 16.5. The van der Waals surface area contributed by atoms with Crippen molar-refractivity contribution in [3.05, 3.63) is 29.3 Å². The summed E-state index contributed by atoms with van der Waals surface area (Å²) in [7, 11) is 1.75. The monoisotopic (exact) mass is 259 g/mol. The zero-order valence-electron chi connectivity index (χ0n) is 12.2. The Morgan fingerprint density at radius 1 is 1.37 bits per heavy atom. The lowest BCUT2D eigenvalue weighted by atomic mass is 9.87. The normalized spacial score (nSPS) is 23.8. The summed E-state index contributed by atoms with van der Waals surface area (Å²) >= 11 is 0. The first-order valence-corrected chi connectivity index (χ1v) is 7.66. The van der Waals surface area contributed by atoms with Crippen molar-refractivity contribution in [3.63, 3.8) is 0 Å². The summed E-state index contributed by atoms with van der Waals surface area (Å²) in [6.07, 6.45) is 7.92. The van der Waals surface area contributed by atoms with E-state index < -0.39 is 0 Å². The van der Waals surface area contributed by atoms with Crippen molar-refractivity contribution in [1.82, 2.24) is 5.32 Å². The number of rotatable bonds is 5. The molecule has 2 heteroatoms. The van der Waals surface area contributed by atoms with Crippen molar-refractivity contribution >= 4 is 0 Å². The average Bonchev–Trinajstić information content (AvgIpc) is 3.25. The van der Waals surface area contributed by atoms with E-state index in [-0.39, 0.29) is 0 Å². The number of benzene rings is 1. The maximum atomic E-state index is 5.38. The van der Waals surface area contributed by atoms with Crippen molar-refractivity contribution in [1.29, 1.82) is 0 Å². The van der Waals surface area contributed by atoms with Gasteiger partial charge in [0.1, 0.15) is 5.75 Å². The van der Waals surface area contributed by atoms with E-state index in [1.807, 2.05) is 0 Å². The quantitative estimate of drug-likeness (QED) is 0.867. The minimum atomic E-state index is 0.530. The van der Waals surface area contributed by atoms with Gasteiger partial charge in [-0.25, -0.2) is 0 Å². The van der Waals surface area contributed by atoms with Gasteiger partial charge in [0, 0.05) is 12.6 Å². The minimum absolute atomic E-state index is 0.530. The molecule has 19 heavy (non-hydrogen) atoms. The van der Waals surface area contributed by atoms with Crippen molar-refractivity contribution in [2.45, 2.75) is 51.5 Å². The first kappa shape index (κ1) is 13.0. The Bertz CT molecular complexity index is 451. The third-order valence-electron chi connectivity index (χ3n) is 5.10. The Morgan fingerprint density at radius 2 is 2.21 bits per heavy atom. The molecule has 1 unspecified atom stereocenters. The van der Waals surface area contributed by atoms with Crippen LogP contribution in [0.1, 0.15) is 56.2 Å². The van der Waals surface area contributed by atoms with Crippen LogP contribution in [-0.4, -0.2) is 13.7 Å². The lowest BCUT2D eigenvalue weighted by Gasteiger charge is -2.28. The van der Waals surface area contributed by atoms with E-state index in [2.05, 4.69) is 30.4 Å². The van der Waals surface area contributed by atoms with E-state index in [4.69, 9.17) is 4.74 Å². The van der Waals surface area contributed by atoms with Crippen LogP contribution in [0.2, 0.25) is 0 Å². The molecular weight excluding hydrogens is 234 g/mol. The zero-order valence-corrected chi connectivity index (χ0v) is 12.2. The molecule has 0 amide bonds. The molecule has 0 spiro atoms. The van der Waals surface area contributed by atoms with Crippen molar-refractivity contribution in [2.24, 2.45) is 5.41 Å². The predicted octanol–water partition coefficient (Wildman–Crippen LogP) is 3.85. The summed E-state index contributed by atoms with van der Waals surface area (Å²) in [6.45, 7) is 3.51. The second-order valence-electron chi connectivity index (χ2n) is 6.24. The van der Waals surface area contributed by atoms with E-state index in [1.165, 1.54) is 56.2 Å². The van der Waals surface area contributed by atoms with Gasteiger partial charge in [-0.2, -0.15) is 0 Å². The number of ether oxygens (including phenoxy) is 1. The molecule has 1 aromatic rings. The van der Waals surface area contributed by atoms with E-state index in [9.17, 15) is 0 Å². The van der Waals surface area contributed by atoms with Crippen LogP contribution in [0.15, 0.2) is 18.2 Å². The molecule has 0 radical (unpaired) electrons. The number of hydrogen-bond acceptors (Lipinski definition) is 2. The molecule has 0 aromatic heterocycles. The smallest absolute Gasteiger partial charge is 0.119 e. The molecule has 1 N–H and O–H groups in total. The number of methoxy groups -OCH3 is 1. The van der Waals surface area contributed by atoms with Crippen molar-refractivity contribution in [3.8, 4) is 5.75 Å². The number of nitrogens with one attached hydrogen (secondary N) is 1. The Balaban J connectivity index is 1.73. The van der Waals surface area contributed by atoms with Crippen molar-refractivity contribution in [2.75, 3.05) is 13.7 Å². The van der Waals surface area contributed by atoms with Gasteiger partial charge in [0.2, 0.25) is 0 Å². The molecule has 2 aliphatic rings. The van der Waals surface area contributed by atoms with Crippen LogP contribution in [-0.2, 0) is 6.42 Å². The highest BCUT2D eigenvalue weighted by Gasteiger charge is 2.40. The van der Waals surface area contributed by atoms with Gasteiger partial charge in [-0.1, -0.05) is 13.0 Å². The van der Waals surface area contributed by atoms with Gasteiger partial charge < -0.3 is 10.1 Å². The molecule has 104 valence electrons. The van der Waals surface area contributed by atoms with E-state index in [0.717, 1.165) is 5.75 Å². The molecule has 0 aliphatic heterocycles. The molecule has 0 saturated heterocycles. The van der Waals surface area contributed by atoms with Crippen LogP contribution in [0.25, 0.3) is 0 Å². The largest absolute Gasteiger partial charge is 0.497 e. The Labute approximate surface area is 116 Å². The van der Waals surface area contributed by atoms with Gasteiger partial charge in [-0.15, -0.1) is 0 Å². The Hall–Kier alpha value is -1.02. The maximum absolute atomic E-state index is 5.38. The fourth-order valence-corrected chi connectivity index (χ4v) is 3.29. The Kier molecular flexibility index (Phi) is 3.53. The number of hydrogen-bond donors (Lipinski definition) is 1. The van der Waals surface area contributed by atoms with Gasteiger partial charge in [-0.3, -0.25) is 0 Å². The van der Waals surface area contributed by atoms with Crippen LogP contribution in [0, 0.1) is 5.41 Å². The molecule has 0 bridgehead atoms. The topological polar surface area (TPSA) is 21.3 Å². The van der Waals surface area contributed by atoms with Crippen molar-refractivity contribution < 1.29 is 4.74 Å². The summed E-state index contributed by atoms with van der Waals surface area (Å²) in [5.41, 5.74) is 3.60. The highest BCUT2D eigenvalue weighted by molar-refractivity contribution is 5.39. The van der Waals surface area contributed by atoms with Gasteiger partial charge in [0.15, 0.2) is 0 Å². The fraction of sp³-hybridized carbons (Fsp3) is 0.647. The van der Waals surface area contributed by atoms with Crippen LogP contribution < -0.4 is 10.1 Å². The SMILES string of the molecule is CCC1(CNC2CCCc3ccc(OC)cc32)CC1. The molecule has 2 nitrogen and oxygen atoms in total. The fourth-order valence-electron chi connectivity index (χ4n) is 3.29. The van der Waals surface area contributed by atoms with E-state index >= 15 is 0 Å². The lowest BCUT2D eigenvalue weighted by molar-refractivity contribution is 0.375. The third-order valence-corrected chi connectivity index (χ3v) is 5.10. The second kappa shape index (κ2) is 5.16. The number of fused-ring (bicyclic) bond motifs is 1. The van der Waals surface area contributed by atoms with Gasteiger partial charge in [0.05, 0.1) is 7.11 Å². The first-order valence-electron chi connectivity index (χ1n) is 7.66. The van der Waals surface area contributed by atoms with Crippen LogP contribution in [0.5, 0.6) is 5.75 Å². The molecule has 1 atom stereocenters. The average molecular weight is 259 g/mol. The molecule has 3 rings (SSSR count). The van der Waals surface area contributed by atoms with Crippen LogP contribution in [0.4, 0.5) is 0 Å². The van der Waals surface area contributed by atoms with E-state index in [0.29, 0.717) is 11.5 Å². The minimum Gasteiger partial charge on any atom is -0.497 e. The summed E-state index contributed by atoms with van der Waals surface area (Å²) in [5, 5.41) is 3.83. The third kappa shape index (κ3) is 2.64. The zero-order chi connectivity index (χ0) is 13.3. The molecular formula is C17H25NO.